The van der Waals surface area contributed by atoms with Gasteiger partial charge in [0.1, 0.15) is 5.75 Å². The Hall–Kier alpha value is -1.88. The molecule has 0 saturated heterocycles. The molecule has 2 aromatic rings. The Morgan fingerprint density at radius 2 is 2.28 bits per heavy atom. The molecule has 0 fully saturated rings. The molecule has 6 heteroatoms. The molecular weight excluding hydrogens is 256 g/mol. The zero-order valence-electron chi connectivity index (χ0n) is 9.90. The molecule has 5 nitrogen and oxygen atoms in total. The van der Waals surface area contributed by atoms with Gasteiger partial charge in [0.2, 0.25) is 0 Å². The van der Waals surface area contributed by atoms with Crippen LogP contribution in [0.1, 0.15) is 23.0 Å². The molecule has 0 saturated carbocycles. The molecule has 18 heavy (non-hydrogen) atoms. The first-order valence-corrected chi connectivity index (χ1v) is 5.74. The van der Waals surface area contributed by atoms with Crippen LogP contribution in [0.3, 0.4) is 0 Å². The van der Waals surface area contributed by atoms with Crippen molar-refractivity contribution < 1.29 is 14.6 Å². The SMILES string of the molecule is CCOc1cc2c(Cl)c(C(=O)O)cnc2nc1C. The minimum atomic E-state index is -1.12. The maximum atomic E-state index is 11.0. The number of carbonyl (C=O) groups is 1. The zero-order chi connectivity index (χ0) is 13.3. The van der Waals surface area contributed by atoms with Crippen molar-refractivity contribution in [2.45, 2.75) is 13.8 Å². The first kappa shape index (κ1) is 12.6. The number of carboxylic acids is 1. The summed E-state index contributed by atoms with van der Waals surface area (Å²) in [5.74, 6) is -0.538. The van der Waals surface area contributed by atoms with Crippen LogP contribution >= 0.6 is 11.6 Å². The van der Waals surface area contributed by atoms with Crippen LogP contribution < -0.4 is 4.74 Å². The molecule has 0 radical (unpaired) electrons. The van der Waals surface area contributed by atoms with Crippen molar-refractivity contribution in [1.29, 1.82) is 0 Å². The lowest BCUT2D eigenvalue weighted by Gasteiger charge is -2.09. The molecule has 0 atom stereocenters. The van der Waals surface area contributed by atoms with Crippen molar-refractivity contribution >= 4 is 28.6 Å². The van der Waals surface area contributed by atoms with E-state index in [4.69, 9.17) is 21.4 Å². The standard InChI is InChI=1S/C12H11ClN2O3/c1-3-18-9-4-7-10(13)8(12(16)17)5-14-11(7)15-6(9)2/h4-5H,3H2,1-2H3,(H,16,17). The summed E-state index contributed by atoms with van der Waals surface area (Å²) in [6.07, 6.45) is 1.21. The van der Waals surface area contributed by atoms with E-state index in [0.29, 0.717) is 29.1 Å². The molecule has 0 aromatic carbocycles. The van der Waals surface area contributed by atoms with Crippen molar-refractivity contribution in [3.05, 3.63) is 28.5 Å². The van der Waals surface area contributed by atoms with Gasteiger partial charge in [0.25, 0.3) is 0 Å². The van der Waals surface area contributed by atoms with Crippen LogP contribution in [-0.4, -0.2) is 27.7 Å². The fourth-order valence-corrected chi connectivity index (χ4v) is 1.88. The van der Waals surface area contributed by atoms with Crippen LogP contribution in [0.15, 0.2) is 12.3 Å². The summed E-state index contributed by atoms with van der Waals surface area (Å²) in [4.78, 5) is 19.2. The van der Waals surface area contributed by atoms with Gasteiger partial charge in [-0.2, -0.15) is 0 Å². The second kappa shape index (κ2) is 4.78. The average molecular weight is 267 g/mol. The van der Waals surface area contributed by atoms with Crippen LogP contribution in [0.25, 0.3) is 11.0 Å². The molecule has 0 spiro atoms. The number of aromatic carboxylic acids is 1. The molecule has 1 N–H and O–H groups in total. The maximum Gasteiger partial charge on any atom is 0.338 e. The maximum absolute atomic E-state index is 11.0. The van der Waals surface area contributed by atoms with Crippen molar-refractivity contribution in [2.24, 2.45) is 0 Å². The molecule has 94 valence electrons. The lowest BCUT2D eigenvalue weighted by Crippen LogP contribution is -2.02. The molecule has 2 aromatic heterocycles. The summed E-state index contributed by atoms with van der Waals surface area (Å²) in [5.41, 5.74) is 1.05. The number of hydrogen-bond donors (Lipinski definition) is 1. The lowest BCUT2D eigenvalue weighted by molar-refractivity contribution is 0.0697. The van der Waals surface area contributed by atoms with Crippen LogP contribution in [0.2, 0.25) is 5.02 Å². The number of halogens is 1. The molecule has 0 aliphatic heterocycles. The summed E-state index contributed by atoms with van der Waals surface area (Å²) in [5, 5.41) is 9.58. The van der Waals surface area contributed by atoms with E-state index in [-0.39, 0.29) is 10.6 Å². The molecule has 0 bridgehead atoms. The molecule has 2 heterocycles. The second-order valence-corrected chi connectivity index (χ2v) is 4.05. The number of ether oxygens (including phenoxy) is 1. The number of fused-ring (bicyclic) bond motifs is 1. The minimum absolute atomic E-state index is 0.0442. The number of pyridine rings is 2. The highest BCUT2D eigenvalue weighted by atomic mass is 35.5. The second-order valence-electron chi connectivity index (χ2n) is 3.67. The normalized spacial score (nSPS) is 10.6. The van der Waals surface area contributed by atoms with Gasteiger partial charge in [0.15, 0.2) is 5.65 Å². The van der Waals surface area contributed by atoms with Gasteiger partial charge in [-0.15, -0.1) is 0 Å². The summed E-state index contributed by atoms with van der Waals surface area (Å²) in [7, 11) is 0. The average Bonchev–Trinajstić information content (AvgIpc) is 2.31. The highest BCUT2D eigenvalue weighted by molar-refractivity contribution is 6.38. The number of carboxylic acid groups (broad SMARTS) is 1. The van der Waals surface area contributed by atoms with E-state index in [2.05, 4.69) is 9.97 Å². The van der Waals surface area contributed by atoms with Gasteiger partial charge < -0.3 is 9.84 Å². The minimum Gasteiger partial charge on any atom is -0.492 e. The molecule has 2 rings (SSSR count). The third-order valence-corrected chi connectivity index (χ3v) is 2.87. The van der Waals surface area contributed by atoms with Crippen LogP contribution in [0.4, 0.5) is 0 Å². The Balaban J connectivity index is 2.71. The topological polar surface area (TPSA) is 72.3 Å². The van der Waals surface area contributed by atoms with E-state index in [0.717, 1.165) is 0 Å². The first-order valence-electron chi connectivity index (χ1n) is 5.36. The van der Waals surface area contributed by atoms with Gasteiger partial charge in [-0.05, 0) is 19.9 Å². The Kier molecular flexibility index (Phi) is 3.34. The molecule has 0 amide bonds. The predicted octanol–water partition coefficient (Wildman–Crippen LogP) is 2.69. The van der Waals surface area contributed by atoms with Gasteiger partial charge in [0.05, 0.1) is 22.9 Å². The van der Waals surface area contributed by atoms with Crippen LogP contribution in [0, 0.1) is 6.92 Å². The van der Waals surface area contributed by atoms with Crippen LogP contribution in [0.5, 0.6) is 5.75 Å². The van der Waals surface area contributed by atoms with Gasteiger partial charge >= 0.3 is 5.97 Å². The Bertz CT molecular complexity index is 628. The molecular formula is C12H11ClN2O3. The Morgan fingerprint density at radius 3 is 2.89 bits per heavy atom. The monoisotopic (exact) mass is 266 g/mol. The largest absolute Gasteiger partial charge is 0.492 e. The zero-order valence-corrected chi connectivity index (χ0v) is 10.7. The fraction of sp³-hybridized carbons (Fsp3) is 0.250. The highest BCUT2D eigenvalue weighted by Crippen LogP contribution is 2.29. The smallest absolute Gasteiger partial charge is 0.338 e. The third-order valence-electron chi connectivity index (χ3n) is 2.47. The number of hydrogen-bond acceptors (Lipinski definition) is 4. The predicted molar refractivity (Wildman–Crippen MR) is 67.4 cm³/mol. The highest BCUT2D eigenvalue weighted by Gasteiger charge is 2.15. The van der Waals surface area contributed by atoms with Crippen molar-refractivity contribution in [3.63, 3.8) is 0 Å². The molecule has 0 aliphatic rings. The van der Waals surface area contributed by atoms with Crippen LogP contribution in [-0.2, 0) is 0 Å². The summed E-state index contributed by atoms with van der Waals surface area (Å²) in [6, 6.07) is 1.67. The van der Waals surface area contributed by atoms with E-state index in [1.807, 2.05) is 6.92 Å². The van der Waals surface area contributed by atoms with E-state index >= 15 is 0 Å². The van der Waals surface area contributed by atoms with Crippen molar-refractivity contribution in [2.75, 3.05) is 6.61 Å². The van der Waals surface area contributed by atoms with Gasteiger partial charge in [0, 0.05) is 11.6 Å². The van der Waals surface area contributed by atoms with Gasteiger partial charge in [-0.1, -0.05) is 11.6 Å². The van der Waals surface area contributed by atoms with E-state index in [9.17, 15) is 4.79 Å². The number of nitrogens with zero attached hydrogens (tertiary/aromatic N) is 2. The Morgan fingerprint density at radius 1 is 1.56 bits per heavy atom. The van der Waals surface area contributed by atoms with E-state index in [1.54, 1.807) is 13.0 Å². The third kappa shape index (κ3) is 2.09. The van der Waals surface area contributed by atoms with Crippen molar-refractivity contribution in [1.82, 2.24) is 9.97 Å². The lowest BCUT2D eigenvalue weighted by atomic mass is 10.2. The van der Waals surface area contributed by atoms with Gasteiger partial charge in [-0.3, -0.25) is 0 Å². The summed E-state index contributed by atoms with van der Waals surface area (Å²) >= 11 is 6.04. The summed E-state index contributed by atoms with van der Waals surface area (Å²) in [6.45, 7) is 4.15. The van der Waals surface area contributed by atoms with Crippen molar-refractivity contribution in [3.8, 4) is 5.75 Å². The number of rotatable bonds is 3. The van der Waals surface area contributed by atoms with E-state index < -0.39 is 5.97 Å². The Labute approximate surface area is 108 Å². The fourth-order valence-electron chi connectivity index (χ4n) is 1.61. The number of aromatic nitrogens is 2. The summed E-state index contributed by atoms with van der Waals surface area (Å²) < 4.78 is 5.40. The first-order chi connectivity index (χ1) is 8.54. The molecule has 0 unspecified atom stereocenters. The van der Waals surface area contributed by atoms with E-state index in [1.165, 1.54) is 6.20 Å². The van der Waals surface area contributed by atoms with Gasteiger partial charge in [-0.25, -0.2) is 14.8 Å². The number of aryl methyl sites for hydroxylation is 1. The molecule has 0 aliphatic carbocycles. The quantitative estimate of drug-likeness (QED) is 0.925.